The van der Waals surface area contributed by atoms with Crippen molar-refractivity contribution in [3.63, 3.8) is 0 Å². The van der Waals surface area contributed by atoms with Gasteiger partial charge in [-0.25, -0.2) is 9.59 Å². The zero-order chi connectivity index (χ0) is 17.4. The standard InChI is InChI=1S/C20H20O4/c1-24-20(23)18(19(21)22)14-8-13-17(15-9-4-2-5-10-15)16-11-6-3-7-12-16/h2-7,9-12,14,17H,8,13H2,1H3,(H,21,22). The first kappa shape index (κ1) is 17.5. The maximum Gasteiger partial charge on any atom is 0.344 e. The largest absolute Gasteiger partial charge is 0.477 e. The third kappa shape index (κ3) is 4.56. The summed E-state index contributed by atoms with van der Waals surface area (Å²) in [5, 5.41) is 9.10. The van der Waals surface area contributed by atoms with Crippen LogP contribution in [0.25, 0.3) is 0 Å². The Kier molecular flexibility index (Phi) is 6.32. The molecule has 24 heavy (non-hydrogen) atoms. The summed E-state index contributed by atoms with van der Waals surface area (Å²) in [6.07, 6.45) is 2.60. The van der Waals surface area contributed by atoms with Crippen LogP contribution in [0.2, 0.25) is 0 Å². The van der Waals surface area contributed by atoms with Gasteiger partial charge >= 0.3 is 11.9 Å². The van der Waals surface area contributed by atoms with Gasteiger partial charge in [-0.15, -0.1) is 0 Å². The number of methoxy groups -OCH3 is 1. The van der Waals surface area contributed by atoms with E-state index >= 15 is 0 Å². The van der Waals surface area contributed by atoms with E-state index in [1.165, 1.54) is 13.2 Å². The summed E-state index contributed by atoms with van der Waals surface area (Å²) in [6, 6.07) is 20.1. The molecule has 0 aliphatic heterocycles. The number of rotatable bonds is 7. The molecule has 0 fully saturated rings. The lowest BCUT2D eigenvalue weighted by molar-refractivity contribution is -0.142. The van der Waals surface area contributed by atoms with Gasteiger partial charge in [-0.1, -0.05) is 66.7 Å². The highest BCUT2D eigenvalue weighted by Crippen LogP contribution is 2.29. The monoisotopic (exact) mass is 324 g/mol. The number of hydrogen-bond donors (Lipinski definition) is 1. The number of esters is 1. The van der Waals surface area contributed by atoms with E-state index in [1.54, 1.807) is 0 Å². The molecule has 0 unspecified atom stereocenters. The second-order valence-electron chi connectivity index (χ2n) is 5.37. The van der Waals surface area contributed by atoms with Crippen molar-refractivity contribution in [2.45, 2.75) is 18.8 Å². The fourth-order valence-corrected chi connectivity index (χ4v) is 2.66. The highest BCUT2D eigenvalue weighted by atomic mass is 16.5. The summed E-state index contributed by atoms with van der Waals surface area (Å²) in [6.45, 7) is 0. The SMILES string of the molecule is COC(=O)C(=CCCC(c1ccccc1)c1ccccc1)C(=O)O. The minimum absolute atomic E-state index is 0.136. The molecule has 0 aromatic heterocycles. The summed E-state index contributed by atoms with van der Waals surface area (Å²) in [7, 11) is 1.18. The first-order valence-electron chi connectivity index (χ1n) is 7.75. The normalized spacial score (nSPS) is 11.3. The summed E-state index contributed by atoms with van der Waals surface area (Å²) in [5.74, 6) is -1.95. The van der Waals surface area contributed by atoms with Crippen LogP contribution in [0.3, 0.4) is 0 Å². The van der Waals surface area contributed by atoms with Gasteiger partial charge in [0.2, 0.25) is 0 Å². The number of carboxylic acid groups (broad SMARTS) is 1. The van der Waals surface area contributed by atoms with Gasteiger partial charge in [0.15, 0.2) is 0 Å². The maximum absolute atomic E-state index is 11.5. The molecule has 2 aromatic rings. The van der Waals surface area contributed by atoms with Crippen molar-refractivity contribution in [2.24, 2.45) is 0 Å². The van der Waals surface area contributed by atoms with E-state index in [9.17, 15) is 9.59 Å². The van der Waals surface area contributed by atoms with Crippen LogP contribution < -0.4 is 0 Å². The minimum atomic E-state index is -1.27. The molecule has 2 aromatic carbocycles. The zero-order valence-electron chi connectivity index (χ0n) is 13.5. The molecule has 1 N–H and O–H groups in total. The molecular weight excluding hydrogens is 304 g/mol. The summed E-state index contributed by atoms with van der Waals surface area (Å²) in [4.78, 5) is 22.6. The Morgan fingerprint density at radius 3 is 1.92 bits per heavy atom. The molecule has 0 saturated carbocycles. The van der Waals surface area contributed by atoms with Crippen LogP contribution in [0.4, 0.5) is 0 Å². The quantitative estimate of drug-likeness (QED) is 0.364. The zero-order valence-corrected chi connectivity index (χ0v) is 13.5. The van der Waals surface area contributed by atoms with Crippen molar-refractivity contribution < 1.29 is 19.4 Å². The van der Waals surface area contributed by atoms with Gasteiger partial charge in [0, 0.05) is 5.92 Å². The van der Waals surface area contributed by atoms with E-state index in [-0.39, 0.29) is 11.5 Å². The minimum Gasteiger partial charge on any atom is -0.477 e. The Labute approximate surface area is 141 Å². The molecule has 0 bridgehead atoms. The molecule has 0 heterocycles. The second kappa shape index (κ2) is 8.67. The summed E-state index contributed by atoms with van der Waals surface area (Å²) < 4.78 is 4.51. The Balaban J connectivity index is 2.21. The fourth-order valence-electron chi connectivity index (χ4n) is 2.66. The summed E-state index contributed by atoms with van der Waals surface area (Å²) >= 11 is 0. The van der Waals surface area contributed by atoms with Gasteiger partial charge in [0.1, 0.15) is 5.57 Å². The molecule has 0 amide bonds. The Morgan fingerprint density at radius 1 is 1.00 bits per heavy atom. The van der Waals surface area contributed by atoms with Crippen molar-refractivity contribution in [3.05, 3.63) is 83.4 Å². The van der Waals surface area contributed by atoms with Crippen molar-refractivity contribution >= 4 is 11.9 Å². The van der Waals surface area contributed by atoms with Crippen LogP contribution in [0.5, 0.6) is 0 Å². The van der Waals surface area contributed by atoms with Crippen molar-refractivity contribution in [2.75, 3.05) is 7.11 Å². The van der Waals surface area contributed by atoms with Crippen molar-refractivity contribution in [1.82, 2.24) is 0 Å². The summed E-state index contributed by atoms with van der Waals surface area (Å²) in [5.41, 5.74) is 2.00. The first-order chi connectivity index (χ1) is 11.6. The molecule has 2 rings (SSSR count). The smallest absolute Gasteiger partial charge is 0.344 e. The van der Waals surface area contributed by atoms with Gasteiger partial charge in [0.25, 0.3) is 0 Å². The van der Waals surface area contributed by atoms with E-state index in [0.29, 0.717) is 12.8 Å². The van der Waals surface area contributed by atoms with Gasteiger partial charge in [-0.05, 0) is 24.0 Å². The Bertz CT molecular complexity index is 665. The average molecular weight is 324 g/mol. The van der Waals surface area contributed by atoms with Gasteiger partial charge in [-0.2, -0.15) is 0 Å². The Hall–Kier alpha value is -2.88. The predicted octanol–water partition coefficient (Wildman–Crippen LogP) is 3.78. The molecule has 4 heteroatoms. The van der Waals surface area contributed by atoms with E-state index in [2.05, 4.69) is 29.0 Å². The van der Waals surface area contributed by atoms with Crippen molar-refractivity contribution in [3.8, 4) is 0 Å². The van der Waals surface area contributed by atoms with Gasteiger partial charge in [-0.3, -0.25) is 0 Å². The molecular formula is C20H20O4. The molecule has 0 spiro atoms. The topological polar surface area (TPSA) is 63.6 Å². The van der Waals surface area contributed by atoms with Crippen LogP contribution in [0.1, 0.15) is 29.9 Å². The van der Waals surface area contributed by atoms with Crippen LogP contribution in [0, 0.1) is 0 Å². The third-order valence-electron chi connectivity index (χ3n) is 3.84. The predicted molar refractivity (Wildman–Crippen MR) is 91.7 cm³/mol. The number of allylic oxidation sites excluding steroid dienone is 1. The molecule has 0 radical (unpaired) electrons. The number of aliphatic carboxylic acids is 1. The average Bonchev–Trinajstić information content (AvgIpc) is 2.62. The highest BCUT2D eigenvalue weighted by Gasteiger charge is 2.18. The Morgan fingerprint density at radius 2 is 1.50 bits per heavy atom. The molecule has 0 atom stereocenters. The number of carboxylic acids is 1. The number of hydrogen-bond acceptors (Lipinski definition) is 3. The van der Waals surface area contributed by atoms with Gasteiger partial charge < -0.3 is 9.84 Å². The lowest BCUT2D eigenvalue weighted by Gasteiger charge is -2.17. The van der Waals surface area contributed by atoms with E-state index in [0.717, 1.165) is 11.1 Å². The first-order valence-corrected chi connectivity index (χ1v) is 7.75. The van der Waals surface area contributed by atoms with Crippen LogP contribution in [0.15, 0.2) is 72.3 Å². The van der Waals surface area contributed by atoms with E-state index in [1.807, 2.05) is 36.4 Å². The lowest BCUT2D eigenvalue weighted by atomic mass is 9.87. The van der Waals surface area contributed by atoms with Crippen LogP contribution in [-0.2, 0) is 14.3 Å². The molecule has 0 saturated heterocycles. The van der Waals surface area contributed by atoms with E-state index < -0.39 is 11.9 Å². The highest BCUT2D eigenvalue weighted by molar-refractivity contribution is 6.13. The molecule has 0 aliphatic carbocycles. The maximum atomic E-state index is 11.5. The molecule has 124 valence electrons. The number of benzene rings is 2. The number of carbonyl (C=O) groups is 2. The van der Waals surface area contributed by atoms with Crippen LogP contribution >= 0.6 is 0 Å². The fraction of sp³-hybridized carbons (Fsp3) is 0.200. The second-order valence-corrected chi connectivity index (χ2v) is 5.37. The van der Waals surface area contributed by atoms with Crippen LogP contribution in [-0.4, -0.2) is 24.2 Å². The van der Waals surface area contributed by atoms with Gasteiger partial charge in [0.05, 0.1) is 7.11 Å². The lowest BCUT2D eigenvalue weighted by Crippen LogP contribution is -2.13. The third-order valence-corrected chi connectivity index (χ3v) is 3.84. The molecule has 4 nitrogen and oxygen atoms in total. The van der Waals surface area contributed by atoms with E-state index in [4.69, 9.17) is 5.11 Å². The molecule has 0 aliphatic rings. The number of carbonyl (C=O) groups excluding carboxylic acids is 1. The number of ether oxygens (including phenoxy) is 1. The van der Waals surface area contributed by atoms with Crippen molar-refractivity contribution in [1.29, 1.82) is 0 Å².